The second-order valence-corrected chi connectivity index (χ2v) is 8.15. The molecule has 0 bridgehead atoms. The van der Waals surface area contributed by atoms with Gasteiger partial charge in [-0.05, 0) is 57.7 Å². The third kappa shape index (κ3) is 4.24. The van der Waals surface area contributed by atoms with Gasteiger partial charge in [-0.25, -0.2) is 9.97 Å². The molecule has 154 valence electrons. The molecule has 2 saturated heterocycles. The molecule has 29 heavy (non-hydrogen) atoms. The summed E-state index contributed by atoms with van der Waals surface area (Å²) in [7, 11) is 0. The summed E-state index contributed by atoms with van der Waals surface area (Å²) in [4.78, 5) is 25.1. The molecule has 2 aromatic rings. The Hall–Kier alpha value is -2.54. The normalized spacial score (nSPS) is 20.9. The summed E-state index contributed by atoms with van der Waals surface area (Å²) in [6.07, 6.45) is 5.82. The van der Waals surface area contributed by atoms with Gasteiger partial charge in [-0.15, -0.1) is 0 Å². The number of rotatable bonds is 5. The number of hydrogen-bond donors (Lipinski definition) is 0. The molecule has 0 amide bonds. The number of hydrogen-bond acceptors (Lipinski definition) is 6. The van der Waals surface area contributed by atoms with Gasteiger partial charge in [-0.2, -0.15) is 0 Å². The number of benzene rings is 1. The molecule has 0 aliphatic carbocycles. The van der Waals surface area contributed by atoms with Crippen molar-refractivity contribution in [1.29, 1.82) is 0 Å². The Morgan fingerprint density at radius 2 is 1.83 bits per heavy atom. The van der Waals surface area contributed by atoms with E-state index >= 15 is 0 Å². The number of piperidine rings is 1. The molecular weight excluding hydrogens is 366 g/mol. The number of anilines is 1. The average Bonchev–Trinajstić information content (AvgIpc) is 3.19. The molecule has 1 aromatic heterocycles. The number of aryl methyl sites for hydroxylation is 1. The molecule has 1 aromatic carbocycles. The lowest BCUT2D eigenvalue weighted by Crippen LogP contribution is -2.46. The van der Waals surface area contributed by atoms with Crippen molar-refractivity contribution in [3.8, 4) is 11.4 Å². The Bertz CT molecular complexity index is 862. The molecule has 2 fully saturated rings. The summed E-state index contributed by atoms with van der Waals surface area (Å²) in [6, 6.07) is 9.99. The number of nitro benzene ring substituents is 1. The fourth-order valence-corrected chi connectivity index (χ4v) is 4.61. The van der Waals surface area contributed by atoms with E-state index in [4.69, 9.17) is 4.98 Å². The maximum absolute atomic E-state index is 10.9. The van der Waals surface area contributed by atoms with Crippen molar-refractivity contribution in [3.05, 3.63) is 46.1 Å². The van der Waals surface area contributed by atoms with Crippen molar-refractivity contribution < 1.29 is 4.92 Å². The summed E-state index contributed by atoms with van der Waals surface area (Å²) >= 11 is 0. The molecule has 0 saturated carbocycles. The Balaban J connectivity index is 1.52. The Kier molecular flexibility index (Phi) is 5.76. The van der Waals surface area contributed by atoms with Crippen LogP contribution in [0.3, 0.4) is 0 Å². The van der Waals surface area contributed by atoms with Gasteiger partial charge >= 0.3 is 0 Å². The lowest BCUT2D eigenvalue weighted by atomic mass is 10.0. The largest absolute Gasteiger partial charge is 0.356 e. The predicted octanol–water partition coefficient (Wildman–Crippen LogP) is 4.07. The van der Waals surface area contributed by atoms with Crippen molar-refractivity contribution in [1.82, 2.24) is 14.9 Å². The molecule has 7 heteroatoms. The third-order valence-corrected chi connectivity index (χ3v) is 6.33. The molecule has 0 spiro atoms. The summed E-state index contributed by atoms with van der Waals surface area (Å²) in [5.41, 5.74) is 1.89. The second-order valence-electron chi connectivity index (χ2n) is 8.15. The summed E-state index contributed by atoms with van der Waals surface area (Å²) in [5.74, 6) is 1.61. The minimum absolute atomic E-state index is 0.0823. The maximum atomic E-state index is 10.9. The van der Waals surface area contributed by atoms with Crippen LogP contribution in [-0.2, 0) is 6.42 Å². The molecule has 1 atom stereocenters. The van der Waals surface area contributed by atoms with E-state index in [0.717, 1.165) is 36.6 Å². The van der Waals surface area contributed by atoms with Crippen LogP contribution in [-0.4, -0.2) is 51.5 Å². The number of nitrogens with zero attached hydrogens (tertiary/aromatic N) is 5. The van der Waals surface area contributed by atoms with Crippen LogP contribution in [0.5, 0.6) is 0 Å². The van der Waals surface area contributed by atoms with Crippen molar-refractivity contribution in [2.45, 2.75) is 58.0 Å². The first-order valence-electron chi connectivity index (χ1n) is 10.7. The average molecular weight is 396 g/mol. The van der Waals surface area contributed by atoms with Crippen LogP contribution in [0.25, 0.3) is 11.4 Å². The molecule has 0 radical (unpaired) electrons. The second kappa shape index (κ2) is 8.45. The number of likely N-dealkylation sites (tertiary alicyclic amines) is 1. The highest BCUT2D eigenvalue weighted by Crippen LogP contribution is 2.29. The minimum atomic E-state index is -0.385. The van der Waals surface area contributed by atoms with Crippen LogP contribution in [0.15, 0.2) is 30.3 Å². The zero-order valence-corrected chi connectivity index (χ0v) is 17.3. The fourth-order valence-electron chi connectivity index (χ4n) is 4.61. The molecule has 1 unspecified atom stereocenters. The molecule has 2 aliphatic rings. The molecule has 2 aliphatic heterocycles. The SMILES string of the molecule is CCc1cc(N2CCC(N3CCCC3C)CC2)nc(-c2ccc([N+](=O)[O-])cc2)n1. The molecule has 3 heterocycles. The lowest BCUT2D eigenvalue weighted by molar-refractivity contribution is -0.384. The van der Waals surface area contributed by atoms with Crippen LogP contribution in [0.4, 0.5) is 11.5 Å². The van der Waals surface area contributed by atoms with Gasteiger partial charge in [0.15, 0.2) is 5.82 Å². The highest BCUT2D eigenvalue weighted by atomic mass is 16.6. The number of non-ortho nitro benzene ring substituents is 1. The van der Waals surface area contributed by atoms with Crippen molar-refractivity contribution >= 4 is 11.5 Å². The van der Waals surface area contributed by atoms with Crippen LogP contribution >= 0.6 is 0 Å². The van der Waals surface area contributed by atoms with E-state index in [1.807, 2.05) is 0 Å². The third-order valence-electron chi connectivity index (χ3n) is 6.33. The van der Waals surface area contributed by atoms with Gasteiger partial charge in [0.1, 0.15) is 5.82 Å². The van der Waals surface area contributed by atoms with E-state index in [1.165, 1.54) is 44.4 Å². The van der Waals surface area contributed by atoms with Crippen LogP contribution in [0, 0.1) is 10.1 Å². The van der Waals surface area contributed by atoms with Crippen LogP contribution < -0.4 is 4.90 Å². The Morgan fingerprint density at radius 3 is 2.41 bits per heavy atom. The van der Waals surface area contributed by atoms with E-state index in [1.54, 1.807) is 12.1 Å². The highest BCUT2D eigenvalue weighted by Gasteiger charge is 2.31. The zero-order valence-electron chi connectivity index (χ0n) is 17.3. The van der Waals surface area contributed by atoms with Gasteiger partial charge < -0.3 is 4.90 Å². The Morgan fingerprint density at radius 1 is 1.10 bits per heavy atom. The highest BCUT2D eigenvalue weighted by molar-refractivity contribution is 5.60. The van der Waals surface area contributed by atoms with E-state index in [-0.39, 0.29) is 10.6 Å². The first-order chi connectivity index (χ1) is 14.0. The lowest BCUT2D eigenvalue weighted by Gasteiger charge is -2.39. The minimum Gasteiger partial charge on any atom is -0.356 e. The molecular formula is C22H29N5O2. The van der Waals surface area contributed by atoms with Gasteiger partial charge in [-0.3, -0.25) is 15.0 Å². The smallest absolute Gasteiger partial charge is 0.269 e. The summed E-state index contributed by atoms with van der Waals surface area (Å²) in [5, 5.41) is 10.9. The molecule has 4 rings (SSSR count). The van der Waals surface area contributed by atoms with Crippen molar-refractivity contribution in [3.63, 3.8) is 0 Å². The van der Waals surface area contributed by atoms with Gasteiger partial charge in [0.25, 0.3) is 5.69 Å². The summed E-state index contributed by atoms with van der Waals surface area (Å²) in [6.45, 7) is 7.70. The van der Waals surface area contributed by atoms with E-state index in [0.29, 0.717) is 17.9 Å². The number of aromatic nitrogens is 2. The van der Waals surface area contributed by atoms with E-state index < -0.39 is 0 Å². The fraction of sp³-hybridized carbons (Fsp3) is 0.545. The number of nitro groups is 1. The van der Waals surface area contributed by atoms with Crippen molar-refractivity contribution in [2.24, 2.45) is 0 Å². The van der Waals surface area contributed by atoms with E-state index in [9.17, 15) is 10.1 Å². The van der Waals surface area contributed by atoms with Gasteiger partial charge in [-0.1, -0.05) is 6.92 Å². The van der Waals surface area contributed by atoms with E-state index in [2.05, 4.69) is 34.7 Å². The van der Waals surface area contributed by atoms with Crippen molar-refractivity contribution in [2.75, 3.05) is 24.5 Å². The molecule has 0 N–H and O–H groups in total. The van der Waals surface area contributed by atoms with Gasteiger partial charge in [0, 0.05) is 54.6 Å². The molecule has 7 nitrogen and oxygen atoms in total. The first kappa shape index (κ1) is 19.8. The van der Waals surface area contributed by atoms with Crippen LogP contribution in [0.2, 0.25) is 0 Å². The maximum Gasteiger partial charge on any atom is 0.269 e. The first-order valence-corrected chi connectivity index (χ1v) is 10.7. The monoisotopic (exact) mass is 395 g/mol. The van der Waals surface area contributed by atoms with Gasteiger partial charge in [0.2, 0.25) is 0 Å². The summed E-state index contributed by atoms with van der Waals surface area (Å²) < 4.78 is 0. The Labute approximate surface area is 171 Å². The standard InChI is InChI=1S/C22H29N5O2/c1-3-18-15-21(24-22(23-18)17-6-8-20(9-7-17)27(28)29)25-13-10-19(11-14-25)26-12-4-5-16(26)2/h6-9,15-16,19H,3-5,10-14H2,1-2H3. The quantitative estimate of drug-likeness (QED) is 0.561. The van der Waals surface area contributed by atoms with Crippen LogP contribution in [0.1, 0.15) is 45.2 Å². The van der Waals surface area contributed by atoms with Gasteiger partial charge in [0.05, 0.1) is 4.92 Å². The topological polar surface area (TPSA) is 75.4 Å². The predicted molar refractivity (Wildman–Crippen MR) is 114 cm³/mol. The zero-order chi connectivity index (χ0) is 20.4.